The summed E-state index contributed by atoms with van der Waals surface area (Å²) in [5, 5.41) is 9.41. The summed E-state index contributed by atoms with van der Waals surface area (Å²) in [5.74, 6) is -0.778. The fourth-order valence-corrected chi connectivity index (χ4v) is 2.01. The Hall–Kier alpha value is -1.02. The number of aliphatic carboxylic acids is 1. The van der Waals surface area contributed by atoms with Crippen LogP contribution in [-0.2, 0) is 4.79 Å². The second kappa shape index (κ2) is 4.67. The van der Waals surface area contributed by atoms with E-state index in [1.165, 1.54) is 0 Å². The summed E-state index contributed by atoms with van der Waals surface area (Å²) in [7, 11) is 0. The number of carboxylic acid groups (broad SMARTS) is 1. The van der Waals surface area contributed by atoms with Gasteiger partial charge in [-0.05, 0) is 48.6 Å². The first-order chi connectivity index (χ1) is 6.91. The van der Waals surface area contributed by atoms with Crippen LogP contribution in [0.3, 0.4) is 0 Å². The van der Waals surface area contributed by atoms with Gasteiger partial charge in [0.15, 0.2) is 0 Å². The first-order valence-corrected chi connectivity index (χ1v) is 5.28. The molecule has 1 aromatic rings. The van der Waals surface area contributed by atoms with E-state index in [1.807, 2.05) is 32.9 Å². The molecular formula is C12H15ClO2. The summed E-state index contributed by atoms with van der Waals surface area (Å²) in [4.78, 5) is 10.6. The van der Waals surface area contributed by atoms with Crippen LogP contribution in [0.4, 0.5) is 0 Å². The van der Waals surface area contributed by atoms with E-state index in [4.69, 9.17) is 16.7 Å². The van der Waals surface area contributed by atoms with Gasteiger partial charge in [-0.3, -0.25) is 4.79 Å². The summed E-state index contributed by atoms with van der Waals surface area (Å²) in [5.41, 5.74) is 3.27. The summed E-state index contributed by atoms with van der Waals surface area (Å²) >= 11 is 5.96. The predicted octanol–water partition coefficient (Wildman–Crippen LogP) is 3.54. The average Bonchev–Trinajstić information content (AvgIpc) is 2.09. The van der Waals surface area contributed by atoms with Crippen LogP contribution in [0, 0.1) is 13.8 Å². The molecule has 1 rings (SSSR count). The quantitative estimate of drug-likeness (QED) is 0.856. The molecule has 0 bridgehead atoms. The maximum Gasteiger partial charge on any atom is 0.303 e. The molecule has 0 spiro atoms. The number of carbonyl (C=O) groups is 1. The van der Waals surface area contributed by atoms with Crippen LogP contribution < -0.4 is 0 Å². The number of halogens is 1. The topological polar surface area (TPSA) is 37.3 Å². The highest BCUT2D eigenvalue weighted by molar-refractivity contribution is 6.30. The van der Waals surface area contributed by atoms with Gasteiger partial charge in [0.2, 0.25) is 0 Å². The van der Waals surface area contributed by atoms with Gasteiger partial charge in [-0.25, -0.2) is 0 Å². The van der Waals surface area contributed by atoms with Crippen molar-refractivity contribution in [1.29, 1.82) is 0 Å². The maximum atomic E-state index is 10.6. The highest BCUT2D eigenvalue weighted by atomic mass is 35.5. The van der Waals surface area contributed by atoms with Crippen molar-refractivity contribution in [2.75, 3.05) is 0 Å². The first-order valence-electron chi connectivity index (χ1n) is 4.90. The van der Waals surface area contributed by atoms with Gasteiger partial charge in [0.25, 0.3) is 0 Å². The Morgan fingerprint density at radius 2 is 2.07 bits per heavy atom. The Morgan fingerprint density at radius 1 is 1.47 bits per heavy atom. The van der Waals surface area contributed by atoms with Crippen molar-refractivity contribution in [3.8, 4) is 0 Å². The molecule has 0 aliphatic heterocycles. The number of carboxylic acids is 1. The zero-order chi connectivity index (χ0) is 11.6. The lowest BCUT2D eigenvalue weighted by molar-refractivity contribution is -0.137. The van der Waals surface area contributed by atoms with Gasteiger partial charge in [0.1, 0.15) is 0 Å². The maximum absolute atomic E-state index is 10.6. The van der Waals surface area contributed by atoms with E-state index in [0.29, 0.717) is 5.02 Å². The molecule has 0 heterocycles. The van der Waals surface area contributed by atoms with Gasteiger partial charge < -0.3 is 5.11 Å². The monoisotopic (exact) mass is 226 g/mol. The van der Waals surface area contributed by atoms with Gasteiger partial charge in [-0.15, -0.1) is 0 Å². The number of aryl methyl sites for hydroxylation is 1. The number of hydrogen-bond donors (Lipinski definition) is 1. The molecule has 1 unspecified atom stereocenters. The van der Waals surface area contributed by atoms with Crippen molar-refractivity contribution in [3.63, 3.8) is 0 Å². The summed E-state index contributed by atoms with van der Waals surface area (Å²) in [6.07, 6.45) is 0.140. The highest BCUT2D eigenvalue weighted by Crippen LogP contribution is 2.28. The molecule has 1 atom stereocenters. The van der Waals surface area contributed by atoms with E-state index in [1.54, 1.807) is 0 Å². The van der Waals surface area contributed by atoms with E-state index in [9.17, 15) is 4.79 Å². The number of hydrogen-bond acceptors (Lipinski definition) is 1. The first kappa shape index (κ1) is 12.1. The van der Waals surface area contributed by atoms with E-state index in [0.717, 1.165) is 16.7 Å². The fourth-order valence-electron chi connectivity index (χ4n) is 1.72. The van der Waals surface area contributed by atoms with Gasteiger partial charge in [0.05, 0.1) is 6.42 Å². The van der Waals surface area contributed by atoms with Crippen LogP contribution in [0.2, 0.25) is 5.02 Å². The minimum absolute atomic E-state index is 0.0000926. The normalized spacial score (nSPS) is 12.5. The van der Waals surface area contributed by atoms with Crippen molar-refractivity contribution < 1.29 is 9.90 Å². The minimum atomic E-state index is -0.778. The van der Waals surface area contributed by atoms with Crippen LogP contribution in [0.5, 0.6) is 0 Å². The van der Waals surface area contributed by atoms with E-state index in [2.05, 4.69) is 0 Å². The molecule has 15 heavy (non-hydrogen) atoms. The molecule has 0 saturated heterocycles. The molecule has 0 aromatic heterocycles. The molecule has 0 aliphatic carbocycles. The van der Waals surface area contributed by atoms with Crippen LogP contribution in [0.25, 0.3) is 0 Å². The summed E-state index contributed by atoms with van der Waals surface area (Å²) in [6, 6.07) is 3.76. The molecule has 0 aliphatic rings. The molecule has 0 fully saturated rings. The van der Waals surface area contributed by atoms with Crippen LogP contribution in [-0.4, -0.2) is 11.1 Å². The van der Waals surface area contributed by atoms with Crippen LogP contribution in [0.1, 0.15) is 36.0 Å². The third kappa shape index (κ3) is 2.96. The van der Waals surface area contributed by atoms with Gasteiger partial charge in [-0.1, -0.05) is 18.5 Å². The van der Waals surface area contributed by atoms with E-state index in [-0.39, 0.29) is 12.3 Å². The highest BCUT2D eigenvalue weighted by Gasteiger charge is 2.14. The number of rotatable bonds is 3. The Balaban J connectivity index is 3.07. The third-order valence-electron chi connectivity index (χ3n) is 2.68. The molecule has 0 saturated carbocycles. The summed E-state index contributed by atoms with van der Waals surface area (Å²) < 4.78 is 0. The zero-order valence-corrected chi connectivity index (χ0v) is 9.93. The Kier molecular flexibility index (Phi) is 3.75. The zero-order valence-electron chi connectivity index (χ0n) is 9.17. The second-order valence-corrected chi connectivity index (χ2v) is 4.37. The Labute approximate surface area is 94.9 Å². The van der Waals surface area contributed by atoms with Gasteiger partial charge in [0, 0.05) is 5.02 Å². The lowest BCUT2D eigenvalue weighted by Crippen LogP contribution is -2.05. The SMILES string of the molecule is Cc1cc(Cl)cc(C(C)CC(=O)O)c1C. The van der Waals surface area contributed by atoms with Crippen molar-refractivity contribution in [1.82, 2.24) is 0 Å². The standard InChI is InChI=1S/C12H15ClO2/c1-7-4-10(13)6-11(9(7)3)8(2)5-12(14)15/h4,6,8H,5H2,1-3H3,(H,14,15). The Bertz CT molecular complexity index is 385. The Morgan fingerprint density at radius 3 is 2.60 bits per heavy atom. The van der Waals surface area contributed by atoms with Crippen molar-refractivity contribution in [3.05, 3.63) is 33.8 Å². The fraction of sp³-hybridized carbons (Fsp3) is 0.417. The van der Waals surface area contributed by atoms with Crippen molar-refractivity contribution in [2.45, 2.75) is 33.1 Å². The second-order valence-electron chi connectivity index (χ2n) is 3.94. The smallest absolute Gasteiger partial charge is 0.303 e. The lowest BCUT2D eigenvalue weighted by atomic mass is 9.91. The van der Waals surface area contributed by atoms with E-state index >= 15 is 0 Å². The molecule has 1 aromatic carbocycles. The number of benzene rings is 1. The molecule has 2 nitrogen and oxygen atoms in total. The molecule has 0 amide bonds. The summed E-state index contributed by atoms with van der Waals surface area (Å²) in [6.45, 7) is 5.89. The van der Waals surface area contributed by atoms with Crippen molar-refractivity contribution in [2.24, 2.45) is 0 Å². The predicted molar refractivity (Wildman–Crippen MR) is 61.6 cm³/mol. The minimum Gasteiger partial charge on any atom is -0.481 e. The molecule has 1 N–H and O–H groups in total. The van der Waals surface area contributed by atoms with Crippen molar-refractivity contribution >= 4 is 17.6 Å². The average molecular weight is 227 g/mol. The molecule has 3 heteroatoms. The van der Waals surface area contributed by atoms with E-state index < -0.39 is 5.97 Å². The van der Waals surface area contributed by atoms with Gasteiger partial charge in [-0.2, -0.15) is 0 Å². The van der Waals surface area contributed by atoms with Crippen LogP contribution >= 0.6 is 11.6 Å². The van der Waals surface area contributed by atoms with Crippen LogP contribution in [0.15, 0.2) is 12.1 Å². The molecule has 0 radical (unpaired) electrons. The largest absolute Gasteiger partial charge is 0.481 e. The third-order valence-corrected chi connectivity index (χ3v) is 2.90. The molecule has 82 valence electrons. The van der Waals surface area contributed by atoms with Gasteiger partial charge >= 0.3 is 5.97 Å². The molecular weight excluding hydrogens is 212 g/mol. The lowest BCUT2D eigenvalue weighted by Gasteiger charge is -2.15.